The number of nitrogens with one attached hydrogen (secondary N) is 1. The number of likely N-dealkylation sites (N-methyl/N-ethyl adjacent to an activating group) is 1. The quantitative estimate of drug-likeness (QED) is 0.908. The van der Waals surface area contributed by atoms with Crippen LogP contribution in [0.1, 0.15) is 24.2 Å². The Hall–Kier alpha value is -0.910. The van der Waals surface area contributed by atoms with Crippen molar-refractivity contribution in [2.24, 2.45) is 0 Å². The number of rotatable bonds is 5. The molecule has 0 radical (unpaired) electrons. The molecule has 0 aromatic carbocycles. The molecule has 0 aliphatic rings. The summed E-state index contributed by atoms with van der Waals surface area (Å²) in [5.41, 5.74) is 1.22. The van der Waals surface area contributed by atoms with Gasteiger partial charge in [-0.2, -0.15) is 16.3 Å². The summed E-state index contributed by atoms with van der Waals surface area (Å²) in [5, 5.41) is 11.3. The van der Waals surface area contributed by atoms with E-state index < -0.39 is 0 Å². The summed E-state index contributed by atoms with van der Waals surface area (Å²) in [7, 11) is 1.93. The molecule has 17 heavy (non-hydrogen) atoms. The second-order valence-electron chi connectivity index (χ2n) is 3.81. The van der Waals surface area contributed by atoms with Crippen LogP contribution >= 0.6 is 23.7 Å². The monoisotopic (exact) mass is 273 g/mol. The molecule has 2 rings (SSSR count). The Morgan fingerprint density at radius 3 is 3.00 bits per heavy atom. The summed E-state index contributed by atoms with van der Waals surface area (Å²) >= 11 is 1.68. The summed E-state index contributed by atoms with van der Waals surface area (Å²) in [6, 6.07) is 2.44. The highest BCUT2D eigenvalue weighted by Gasteiger charge is 2.09. The van der Waals surface area contributed by atoms with Gasteiger partial charge in [0.05, 0.1) is 6.42 Å². The first-order valence-electron chi connectivity index (χ1n) is 5.27. The molecule has 0 fully saturated rings. The highest BCUT2D eigenvalue weighted by Crippen LogP contribution is 2.11. The number of hydrogen-bond acceptors (Lipinski definition) is 5. The van der Waals surface area contributed by atoms with Gasteiger partial charge in [0.15, 0.2) is 5.82 Å². The van der Waals surface area contributed by atoms with E-state index in [-0.39, 0.29) is 12.4 Å². The zero-order valence-electron chi connectivity index (χ0n) is 9.84. The van der Waals surface area contributed by atoms with E-state index in [1.807, 2.05) is 7.05 Å². The summed E-state index contributed by atoms with van der Waals surface area (Å²) in [6.45, 7) is 2.09. The van der Waals surface area contributed by atoms with Gasteiger partial charge in [-0.25, -0.2) is 0 Å². The van der Waals surface area contributed by atoms with Crippen molar-refractivity contribution in [3.05, 3.63) is 34.1 Å². The van der Waals surface area contributed by atoms with E-state index in [1.165, 1.54) is 5.56 Å². The van der Waals surface area contributed by atoms with Gasteiger partial charge >= 0.3 is 0 Å². The number of aromatic nitrogens is 2. The van der Waals surface area contributed by atoms with Gasteiger partial charge in [-0.3, -0.25) is 0 Å². The fraction of sp³-hybridized carbons (Fsp3) is 0.455. The molecule has 2 aromatic heterocycles. The molecule has 0 amide bonds. The smallest absolute Gasteiger partial charge is 0.231 e. The Morgan fingerprint density at radius 1 is 1.53 bits per heavy atom. The molecule has 0 aliphatic heterocycles. The molecule has 94 valence electrons. The molecule has 0 spiro atoms. The van der Waals surface area contributed by atoms with E-state index in [1.54, 1.807) is 11.3 Å². The molecular formula is C11H16ClN3OS. The van der Waals surface area contributed by atoms with Crippen LogP contribution in [0.15, 0.2) is 21.3 Å². The first-order valence-corrected chi connectivity index (χ1v) is 6.22. The van der Waals surface area contributed by atoms with Crippen LogP contribution in [0.25, 0.3) is 0 Å². The third-order valence-corrected chi connectivity index (χ3v) is 3.16. The maximum absolute atomic E-state index is 5.20. The average Bonchev–Trinajstić information content (AvgIpc) is 2.91. The van der Waals surface area contributed by atoms with E-state index in [2.05, 4.69) is 39.2 Å². The van der Waals surface area contributed by atoms with Crippen molar-refractivity contribution >= 4 is 23.7 Å². The SMILES string of the molecule is CNC(C)Cc1noc(Cc2ccsc2)n1.Cl. The van der Waals surface area contributed by atoms with Crippen LogP contribution in [0.4, 0.5) is 0 Å². The van der Waals surface area contributed by atoms with Crippen LogP contribution in [-0.2, 0) is 12.8 Å². The van der Waals surface area contributed by atoms with Crippen molar-refractivity contribution in [2.75, 3.05) is 7.05 Å². The zero-order chi connectivity index (χ0) is 11.4. The second-order valence-corrected chi connectivity index (χ2v) is 4.59. The van der Waals surface area contributed by atoms with Gasteiger partial charge in [-0.05, 0) is 36.4 Å². The lowest BCUT2D eigenvalue weighted by molar-refractivity contribution is 0.377. The van der Waals surface area contributed by atoms with Gasteiger partial charge in [-0.15, -0.1) is 12.4 Å². The normalized spacial score (nSPS) is 12.1. The van der Waals surface area contributed by atoms with Crippen molar-refractivity contribution in [3.63, 3.8) is 0 Å². The third kappa shape index (κ3) is 4.11. The van der Waals surface area contributed by atoms with Gasteiger partial charge < -0.3 is 9.84 Å². The molecule has 0 saturated heterocycles. The van der Waals surface area contributed by atoms with Crippen LogP contribution < -0.4 is 5.32 Å². The lowest BCUT2D eigenvalue weighted by Gasteiger charge is -2.04. The fourth-order valence-electron chi connectivity index (χ4n) is 1.39. The van der Waals surface area contributed by atoms with E-state index in [4.69, 9.17) is 4.52 Å². The van der Waals surface area contributed by atoms with E-state index in [0.717, 1.165) is 18.7 Å². The molecule has 0 bridgehead atoms. The minimum absolute atomic E-state index is 0. The first-order chi connectivity index (χ1) is 7.78. The van der Waals surface area contributed by atoms with Gasteiger partial charge in [0.25, 0.3) is 0 Å². The largest absolute Gasteiger partial charge is 0.339 e. The standard InChI is InChI=1S/C11H15N3OS.ClH/c1-8(12-2)5-10-13-11(15-14-10)6-9-3-4-16-7-9;/h3-4,7-8,12H,5-6H2,1-2H3;1H. The topological polar surface area (TPSA) is 51.0 Å². The van der Waals surface area contributed by atoms with Gasteiger partial charge in [0, 0.05) is 12.5 Å². The first kappa shape index (κ1) is 14.2. The van der Waals surface area contributed by atoms with Crippen LogP contribution in [0.5, 0.6) is 0 Å². The average molecular weight is 274 g/mol. The highest BCUT2D eigenvalue weighted by molar-refractivity contribution is 7.07. The molecular weight excluding hydrogens is 258 g/mol. The lowest BCUT2D eigenvalue weighted by Crippen LogP contribution is -2.24. The van der Waals surface area contributed by atoms with Crippen molar-refractivity contribution in [3.8, 4) is 0 Å². The zero-order valence-corrected chi connectivity index (χ0v) is 11.5. The molecule has 0 aliphatic carbocycles. The maximum Gasteiger partial charge on any atom is 0.231 e. The number of nitrogens with zero attached hydrogens (tertiary/aromatic N) is 2. The minimum atomic E-state index is 0. The van der Waals surface area contributed by atoms with Gasteiger partial charge in [-0.1, -0.05) is 5.16 Å². The molecule has 6 heteroatoms. The fourth-order valence-corrected chi connectivity index (χ4v) is 2.06. The van der Waals surface area contributed by atoms with Crippen molar-refractivity contribution < 1.29 is 4.52 Å². The van der Waals surface area contributed by atoms with E-state index in [9.17, 15) is 0 Å². The Bertz CT molecular complexity index is 430. The van der Waals surface area contributed by atoms with Crippen LogP contribution in [0, 0.1) is 0 Å². The van der Waals surface area contributed by atoms with Crippen LogP contribution in [0.3, 0.4) is 0 Å². The molecule has 2 aromatic rings. The Kier molecular flexibility index (Phi) is 5.61. The van der Waals surface area contributed by atoms with Gasteiger partial charge in [0.1, 0.15) is 0 Å². The van der Waals surface area contributed by atoms with Crippen LogP contribution in [0.2, 0.25) is 0 Å². The maximum atomic E-state index is 5.20. The summed E-state index contributed by atoms with van der Waals surface area (Å²) in [5.74, 6) is 1.46. The highest BCUT2D eigenvalue weighted by atomic mass is 35.5. The Balaban J connectivity index is 0.00000144. The predicted octanol–water partition coefficient (Wildman–Crippen LogP) is 2.29. The van der Waals surface area contributed by atoms with Crippen molar-refractivity contribution in [1.82, 2.24) is 15.5 Å². The lowest BCUT2D eigenvalue weighted by atomic mass is 10.2. The van der Waals surface area contributed by atoms with E-state index in [0.29, 0.717) is 11.9 Å². The second kappa shape index (κ2) is 6.74. The molecule has 1 atom stereocenters. The Labute approximate surface area is 111 Å². The number of halogens is 1. The van der Waals surface area contributed by atoms with Crippen molar-refractivity contribution in [1.29, 1.82) is 0 Å². The Morgan fingerprint density at radius 2 is 2.35 bits per heavy atom. The number of hydrogen-bond donors (Lipinski definition) is 1. The summed E-state index contributed by atoms with van der Waals surface area (Å²) in [6.07, 6.45) is 1.52. The third-order valence-electron chi connectivity index (χ3n) is 2.43. The van der Waals surface area contributed by atoms with Crippen LogP contribution in [-0.4, -0.2) is 23.2 Å². The molecule has 1 unspecified atom stereocenters. The minimum Gasteiger partial charge on any atom is -0.339 e. The summed E-state index contributed by atoms with van der Waals surface area (Å²) in [4.78, 5) is 4.36. The molecule has 4 nitrogen and oxygen atoms in total. The van der Waals surface area contributed by atoms with E-state index >= 15 is 0 Å². The predicted molar refractivity (Wildman–Crippen MR) is 70.9 cm³/mol. The number of thiophene rings is 1. The molecule has 0 saturated carbocycles. The molecule has 1 N–H and O–H groups in total. The summed E-state index contributed by atoms with van der Waals surface area (Å²) < 4.78 is 5.20. The van der Waals surface area contributed by atoms with Gasteiger partial charge in [0.2, 0.25) is 5.89 Å². The molecule has 2 heterocycles. The van der Waals surface area contributed by atoms with Crippen molar-refractivity contribution in [2.45, 2.75) is 25.8 Å².